The fourth-order valence-corrected chi connectivity index (χ4v) is 5.01. The van der Waals surface area contributed by atoms with E-state index in [0.29, 0.717) is 17.5 Å². The van der Waals surface area contributed by atoms with Crippen molar-refractivity contribution in [1.29, 1.82) is 0 Å². The maximum atomic E-state index is 13.4. The van der Waals surface area contributed by atoms with Gasteiger partial charge < -0.3 is 14.5 Å². The summed E-state index contributed by atoms with van der Waals surface area (Å²) in [4.78, 5) is 31.0. The molecule has 2 heterocycles. The van der Waals surface area contributed by atoms with Gasteiger partial charge in [-0.25, -0.2) is 9.78 Å². The lowest BCUT2D eigenvalue weighted by molar-refractivity contribution is -0.119. The van der Waals surface area contributed by atoms with Gasteiger partial charge in [-0.05, 0) is 86.6 Å². The Morgan fingerprint density at radius 1 is 1.06 bits per heavy atom. The van der Waals surface area contributed by atoms with Crippen molar-refractivity contribution >= 4 is 40.1 Å². The summed E-state index contributed by atoms with van der Waals surface area (Å²) in [5.41, 5.74) is 7.68. The number of rotatable bonds is 5. The molecule has 4 aromatic rings. The number of benzene rings is 2. The van der Waals surface area contributed by atoms with Crippen LogP contribution in [0, 0.1) is 20.8 Å². The zero-order valence-corrected chi connectivity index (χ0v) is 20.7. The van der Waals surface area contributed by atoms with Gasteiger partial charge in [-0.1, -0.05) is 35.9 Å². The summed E-state index contributed by atoms with van der Waals surface area (Å²) in [6, 6.07) is 15.3. The maximum absolute atomic E-state index is 13.4. The van der Waals surface area contributed by atoms with E-state index in [2.05, 4.69) is 5.32 Å². The molecule has 0 saturated carbocycles. The van der Waals surface area contributed by atoms with Gasteiger partial charge >= 0.3 is 5.97 Å². The topological polar surface area (TPSA) is 81.4 Å². The number of carbonyl (C=O) groups excluding carboxylic acids is 2. The van der Waals surface area contributed by atoms with E-state index in [9.17, 15) is 9.59 Å². The molecule has 0 spiro atoms. The number of furan rings is 1. The number of para-hydroxylation sites is 1. The first-order valence-corrected chi connectivity index (χ1v) is 12.1. The van der Waals surface area contributed by atoms with E-state index in [4.69, 9.17) is 14.1 Å². The molecule has 6 nitrogen and oxygen atoms in total. The molecule has 1 aliphatic carbocycles. The molecule has 1 N–H and O–H groups in total. The average molecular weight is 481 g/mol. The van der Waals surface area contributed by atoms with Crippen LogP contribution in [0.15, 0.2) is 59.2 Å². The van der Waals surface area contributed by atoms with Gasteiger partial charge in [0.05, 0.1) is 23.0 Å². The Bertz CT molecular complexity index is 1480. The first-order valence-electron chi connectivity index (χ1n) is 12.1. The number of anilines is 1. The van der Waals surface area contributed by atoms with E-state index in [-0.39, 0.29) is 12.5 Å². The van der Waals surface area contributed by atoms with Crippen LogP contribution >= 0.6 is 0 Å². The summed E-state index contributed by atoms with van der Waals surface area (Å²) in [7, 11) is 0. The molecule has 0 bridgehead atoms. The number of fused-ring (bicyclic) bond motifs is 2. The van der Waals surface area contributed by atoms with Crippen LogP contribution in [0.4, 0.5) is 5.69 Å². The number of carbonyl (C=O) groups is 2. The molecule has 1 amide bonds. The molecular weight excluding hydrogens is 452 g/mol. The summed E-state index contributed by atoms with van der Waals surface area (Å²) in [6.07, 6.45) is 6.05. The van der Waals surface area contributed by atoms with Gasteiger partial charge in [0, 0.05) is 11.1 Å². The van der Waals surface area contributed by atoms with Crippen LogP contribution in [0.5, 0.6) is 0 Å². The number of nitrogens with one attached hydrogen (secondary N) is 1. The number of ether oxygens (including phenoxy) is 1. The molecule has 36 heavy (non-hydrogen) atoms. The number of amides is 1. The van der Waals surface area contributed by atoms with Crippen LogP contribution in [0.3, 0.4) is 0 Å². The summed E-state index contributed by atoms with van der Waals surface area (Å²) >= 11 is 0. The van der Waals surface area contributed by atoms with Crippen molar-refractivity contribution in [2.45, 2.75) is 40.0 Å². The van der Waals surface area contributed by atoms with E-state index in [1.165, 1.54) is 0 Å². The Labute approximate surface area is 210 Å². The Kier molecular flexibility index (Phi) is 6.42. The lowest BCUT2D eigenvalue weighted by atomic mass is 9.86. The minimum atomic E-state index is -0.517. The van der Waals surface area contributed by atoms with Gasteiger partial charge in [0.2, 0.25) is 0 Å². The average Bonchev–Trinajstić information content (AvgIpc) is 3.37. The fraction of sp³-hybridized carbons (Fsp3) is 0.233. The van der Waals surface area contributed by atoms with Gasteiger partial charge in [0.15, 0.2) is 6.61 Å². The molecule has 6 heteroatoms. The van der Waals surface area contributed by atoms with Gasteiger partial charge in [0.1, 0.15) is 5.76 Å². The molecule has 0 unspecified atom stereocenters. The number of hydrogen-bond acceptors (Lipinski definition) is 5. The van der Waals surface area contributed by atoms with Crippen molar-refractivity contribution in [3.05, 3.63) is 94.1 Å². The number of aryl methyl sites for hydroxylation is 3. The first-order chi connectivity index (χ1) is 17.4. The fourth-order valence-electron chi connectivity index (χ4n) is 5.01. The zero-order chi connectivity index (χ0) is 25.2. The number of allylic oxidation sites excluding steroid dienone is 1. The van der Waals surface area contributed by atoms with Crippen LogP contribution in [0.1, 0.15) is 56.9 Å². The highest BCUT2D eigenvalue weighted by Gasteiger charge is 2.26. The largest absolute Gasteiger partial charge is 0.465 e. The van der Waals surface area contributed by atoms with E-state index in [0.717, 1.165) is 63.2 Å². The van der Waals surface area contributed by atoms with E-state index >= 15 is 0 Å². The molecule has 0 atom stereocenters. The molecule has 2 aromatic carbocycles. The monoisotopic (exact) mass is 480 g/mol. The third kappa shape index (κ3) is 4.67. The van der Waals surface area contributed by atoms with Crippen molar-refractivity contribution in [3.8, 4) is 0 Å². The van der Waals surface area contributed by atoms with Crippen LogP contribution in [0.25, 0.3) is 22.6 Å². The summed E-state index contributed by atoms with van der Waals surface area (Å²) in [5.74, 6) is -0.143. The van der Waals surface area contributed by atoms with Crippen molar-refractivity contribution in [3.63, 3.8) is 0 Å². The number of pyridine rings is 1. The third-order valence-electron chi connectivity index (χ3n) is 6.51. The maximum Gasteiger partial charge on any atom is 0.339 e. The minimum absolute atomic E-state index is 0.369. The molecule has 2 aromatic heterocycles. The molecule has 0 saturated heterocycles. The second-order valence-electron chi connectivity index (χ2n) is 9.27. The van der Waals surface area contributed by atoms with E-state index in [1.54, 1.807) is 6.26 Å². The molecule has 1 aliphatic rings. The van der Waals surface area contributed by atoms with E-state index < -0.39 is 5.97 Å². The highest BCUT2D eigenvalue weighted by Crippen LogP contribution is 2.36. The summed E-state index contributed by atoms with van der Waals surface area (Å²) < 4.78 is 11.1. The first kappa shape index (κ1) is 23.5. The Hall–Kier alpha value is -4.19. The Morgan fingerprint density at radius 3 is 2.58 bits per heavy atom. The zero-order valence-electron chi connectivity index (χ0n) is 20.7. The SMILES string of the molecule is Cc1cc(C)c(NC(=O)COC(=O)c2c3c(nc4ccccc24)C(=Cc2ccco2)CCC3)c(C)c1. The number of nitrogens with zero attached hydrogens (tertiary/aromatic N) is 1. The number of aromatic nitrogens is 1. The predicted molar refractivity (Wildman–Crippen MR) is 141 cm³/mol. The minimum Gasteiger partial charge on any atom is -0.465 e. The predicted octanol–water partition coefficient (Wildman–Crippen LogP) is 6.43. The molecule has 182 valence electrons. The second kappa shape index (κ2) is 9.82. The molecule has 5 rings (SSSR count). The quantitative estimate of drug-likeness (QED) is 0.333. The Balaban J connectivity index is 1.44. The van der Waals surface area contributed by atoms with Crippen LogP contribution in [0.2, 0.25) is 0 Å². The lowest BCUT2D eigenvalue weighted by Gasteiger charge is -2.22. The molecular formula is C30H28N2O4. The van der Waals surface area contributed by atoms with Crippen LogP contribution in [-0.2, 0) is 16.0 Å². The molecule has 0 fully saturated rings. The smallest absolute Gasteiger partial charge is 0.339 e. The van der Waals surface area contributed by atoms with Crippen molar-refractivity contribution in [1.82, 2.24) is 4.98 Å². The van der Waals surface area contributed by atoms with Gasteiger partial charge in [0.25, 0.3) is 5.91 Å². The second-order valence-corrected chi connectivity index (χ2v) is 9.27. The Morgan fingerprint density at radius 2 is 1.83 bits per heavy atom. The van der Waals surface area contributed by atoms with Gasteiger partial charge in [-0.3, -0.25) is 4.79 Å². The highest BCUT2D eigenvalue weighted by atomic mass is 16.5. The van der Waals surface area contributed by atoms with Crippen LogP contribution in [-0.4, -0.2) is 23.5 Å². The normalized spacial score (nSPS) is 14.0. The standard InChI is InChI=1S/C30H28N2O4/c1-18-14-19(2)28(20(3)15-18)32-26(33)17-36-30(34)27-23-10-4-5-12-25(23)31-29-21(8-6-11-24(27)29)16-22-9-7-13-35-22/h4-5,7,9-10,12-16H,6,8,11,17H2,1-3H3,(H,32,33). The molecule has 0 radical (unpaired) electrons. The third-order valence-corrected chi connectivity index (χ3v) is 6.51. The number of hydrogen-bond donors (Lipinski definition) is 1. The van der Waals surface area contributed by atoms with Gasteiger partial charge in [-0.15, -0.1) is 0 Å². The lowest BCUT2D eigenvalue weighted by Crippen LogP contribution is -2.23. The van der Waals surface area contributed by atoms with Crippen molar-refractivity contribution in [2.75, 3.05) is 11.9 Å². The molecule has 0 aliphatic heterocycles. The number of esters is 1. The highest BCUT2D eigenvalue weighted by molar-refractivity contribution is 6.07. The van der Waals surface area contributed by atoms with E-state index in [1.807, 2.05) is 75.4 Å². The van der Waals surface area contributed by atoms with Gasteiger partial charge in [-0.2, -0.15) is 0 Å². The van der Waals surface area contributed by atoms with Crippen LogP contribution < -0.4 is 5.32 Å². The summed E-state index contributed by atoms with van der Waals surface area (Å²) in [6.45, 7) is 5.55. The van der Waals surface area contributed by atoms with Crippen molar-refractivity contribution in [2.24, 2.45) is 0 Å². The summed E-state index contributed by atoms with van der Waals surface area (Å²) in [5, 5.41) is 3.62. The van der Waals surface area contributed by atoms with Crippen molar-refractivity contribution < 1.29 is 18.7 Å².